The van der Waals surface area contributed by atoms with E-state index in [1.807, 2.05) is 66.4 Å². The number of thioether (sulfide) groups is 1. The van der Waals surface area contributed by atoms with E-state index >= 15 is 0 Å². The van der Waals surface area contributed by atoms with Crippen LogP contribution in [0.4, 0.5) is 5.69 Å². The minimum Gasteiger partial charge on any atom is -0.494 e. The third kappa shape index (κ3) is 6.24. The number of aliphatic hydroxyl groups excluding tert-OH is 1. The van der Waals surface area contributed by atoms with E-state index in [-0.39, 0.29) is 36.1 Å². The largest absolute Gasteiger partial charge is 0.494 e. The predicted octanol–water partition coefficient (Wildman–Crippen LogP) is 5.11. The molecule has 3 aliphatic rings. The lowest BCUT2D eigenvalue weighted by molar-refractivity contribution is -0.145. The van der Waals surface area contributed by atoms with Gasteiger partial charge in [-0.15, -0.1) is 24.9 Å². The van der Waals surface area contributed by atoms with Crippen molar-refractivity contribution in [1.29, 1.82) is 0 Å². The Morgan fingerprint density at radius 3 is 2.43 bits per heavy atom. The fourth-order valence-corrected chi connectivity index (χ4v) is 9.86. The minimum absolute atomic E-state index is 0.0842. The molecule has 9 heteroatoms. The molecular weight excluding hydrogens is 598 g/mol. The van der Waals surface area contributed by atoms with Gasteiger partial charge in [0.15, 0.2) is 0 Å². The summed E-state index contributed by atoms with van der Waals surface area (Å²) in [4.78, 5) is 49.3. The highest BCUT2D eigenvalue weighted by atomic mass is 32.2. The summed E-state index contributed by atoms with van der Waals surface area (Å²) < 4.78 is 4.86. The number of aliphatic hydroxyl groups is 1. The lowest BCUT2D eigenvalue weighted by atomic mass is 9.70. The molecule has 3 amide bonds. The summed E-state index contributed by atoms with van der Waals surface area (Å²) in [6.07, 6.45) is 7.00. The molecule has 3 saturated heterocycles. The van der Waals surface area contributed by atoms with Crippen LogP contribution < -0.4 is 9.64 Å². The van der Waals surface area contributed by atoms with Gasteiger partial charge in [0.25, 0.3) is 0 Å². The van der Waals surface area contributed by atoms with Gasteiger partial charge < -0.3 is 24.5 Å². The predicted molar refractivity (Wildman–Crippen MR) is 184 cm³/mol. The van der Waals surface area contributed by atoms with Gasteiger partial charge in [0.1, 0.15) is 11.8 Å². The molecule has 0 radical (unpaired) electrons. The lowest BCUT2D eigenvalue weighted by Crippen LogP contribution is -2.58. The zero-order valence-electron chi connectivity index (χ0n) is 27.1. The summed E-state index contributed by atoms with van der Waals surface area (Å²) in [6.45, 7) is 13.3. The average molecular weight is 646 g/mol. The van der Waals surface area contributed by atoms with E-state index in [0.29, 0.717) is 38.2 Å². The molecule has 1 N–H and O–H groups in total. The molecule has 3 fully saturated rings. The number of nitrogens with zero attached hydrogens (tertiary/aromatic N) is 3. The Labute approximate surface area is 277 Å². The van der Waals surface area contributed by atoms with Crippen LogP contribution in [-0.4, -0.2) is 87.6 Å². The number of amides is 3. The molecule has 0 aromatic heterocycles. The van der Waals surface area contributed by atoms with Crippen molar-refractivity contribution < 1.29 is 24.2 Å². The molecule has 3 aliphatic heterocycles. The molecule has 246 valence electrons. The number of unbranched alkanes of at least 4 members (excludes halogenated alkanes) is 1. The van der Waals surface area contributed by atoms with Crippen LogP contribution in [0.3, 0.4) is 0 Å². The van der Waals surface area contributed by atoms with Crippen LogP contribution >= 0.6 is 11.8 Å². The highest BCUT2D eigenvalue weighted by Crippen LogP contribution is 2.67. The van der Waals surface area contributed by atoms with Gasteiger partial charge in [-0.2, -0.15) is 0 Å². The third-order valence-corrected chi connectivity index (χ3v) is 11.6. The van der Waals surface area contributed by atoms with Crippen LogP contribution in [-0.2, 0) is 20.8 Å². The second-order valence-electron chi connectivity index (χ2n) is 12.4. The Kier molecular flexibility index (Phi) is 10.9. The Morgan fingerprint density at radius 1 is 1.09 bits per heavy atom. The Bertz CT molecular complexity index is 1400. The van der Waals surface area contributed by atoms with Gasteiger partial charge in [0, 0.05) is 30.6 Å². The van der Waals surface area contributed by atoms with Crippen molar-refractivity contribution in [3.63, 3.8) is 0 Å². The molecule has 3 heterocycles. The summed E-state index contributed by atoms with van der Waals surface area (Å²) in [6, 6.07) is 15.8. The third-order valence-electron chi connectivity index (χ3n) is 9.66. The van der Waals surface area contributed by atoms with E-state index in [9.17, 15) is 19.5 Å². The number of fused-ring (bicyclic) bond motifs is 1. The Morgan fingerprint density at radius 2 is 1.80 bits per heavy atom. The smallest absolute Gasteiger partial charge is 0.247 e. The van der Waals surface area contributed by atoms with E-state index in [1.165, 1.54) is 0 Å². The van der Waals surface area contributed by atoms with Crippen molar-refractivity contribution >= 4 is 35.2 Å². The van der Waals surface area contributed by atoms with Gasteiger partial charge in [-0.05, 0) is 62.4 Å². The quantitative estimate of drug-likeness (QED) is 0.255. The molecule has 2 aromatic carbocycles. The molecule has 2 aromatic rings. The molecule has 5 rings (SSSR count). The molecule has 0 aliphatic carbocycles. The van der Waals surface area contributed by atoms with Crippen LogP contribution in [0.2, 0.25) is 0 Å². The van der Waals surface area contributed by atoms with Crippen LogP contribution in [0.1, 0.15) is 45.1 Å². The van der Waals surface area contributed by atoms with Crippen molar-refractivity contribution in [2.75, 3.05) is 37.7 Å². The molecule has 6 atom stereocenters. The molecule has 2 unspecified atom stereocenters. The summed E-state index contributed by atoms with van der Waals surface area (Å²) in [7, 11) is 0. The molecule has 0 saturated carbocycles. The van der Waals surface area contributed by atoms with Crippen LogP contribution in [0.15, 0.2) is 79.9 Å². The Hall–Kier alpha value is -3.56. The molecular formula is C37H47N3O5S. The lowest BCUT2D eigenvalue weighted by Gasteiger charge is -2.39. The normalized spacial score (nSPS) is 25.2. The van der Waals surface area contributed by atoms with Gasteiger partial charge in [0.2, 0.25) is 17.7 Å². The number of likely N-dealkylation sites (tertiary alicyclic amines) is 1. The van der Waals surface area contributed by atoms with Gasteiger partial charge in [0.05, 0.1) is 35.8 Å². The number of carbonyl (C=O) groups is 3. The topological polar surface area (TPSA) is 90.4 Å². The molecule has 2 bridgehead atoms. The van der Waals surface area contributed by atoms with E-state index < -0.39 is 28.7 Å². The highest BCUT2D eigenvalue weighted by Gasteiger charge is 2.74. The molecule has 8 nitrogen and oxygen atoms in total. The average Bonchev–Trinajstić information content (AvgIpc) is 3.72. The number of hydrogen-bond donors (Lipinski definition) is 1. The monoisotopic (exact) mass is 645 g/mol. The van der Waals surface area contributed by atoms with Crippen molar-refractivity contribution in [2.24, 2.45) is 11.8 Å². The number of benzene rings is 2. The summed E-state index contributed by atoms with van der Waals surface area (Å²) in [5.74, 6) is -1.01. The van der Waals surface area contributed by atoms with Gasteiger partial charge in [-0.25, -0.2) is 0 Å². The number of carbonyl (C=O) groups excluding carboxylic acids is 3. The first-order valence-electron chi connectivity index (χ1n) is 16.5. The number of rotatable bonds is 16. The summed E-state index contributed by atoms with van der Waals surface area (Å²) >= 11 is 1.65. The van der Waals surface area contributed by atoms with E-state index in [1.54, 1.807) is 33.7 Å². The first kappa shape index (κ1) is 33.8. The number of ether oxygens (including phenoxy) is 1. The fourth-order valence-electron chi connectivity index (χ4n) is 7.67. The minimum atomic E-state index is -0.784. The summed E-state index contributed by atoms with van der Waals surface area (Å²) in [5, 5.41) is 10.7. The van der Waals surface area contributed by atoms with Gasteiger partial charge in [-0.3, -0.25) is 14.4 Å². The molecule has 46 heavy (non-hydrogen) atoms. The zero-order valence-corrected chi connectivity index (χ0v) is 27.9. The maximum absolute atomic E-state index is 14.8. The fraction of sp³-hybridized carbons (Fsp3) is 0.486. The van der Waals surface area contributed by atoms with Gasteiger partial charge in [-0.1, -0.05) is 55.8 Å². The number of anilines is 1. The molecule has 1 spiro atoms. The van der Waals surface area contributed by atoms with Crippen molar-refractivity contribution in [3.8, 4) is 5.75 Å². The van der Waals surface area contributed by atoms with E-state index in [0.717, 1.165) is 30.6 Å². The van der Waals surface area contributed by atoms with Crippen LogP contribution in [0, 0.1) is 11.8 Å². The van der Waals surface area contributed by atoms with Crippen LogP contribution in [0.25, 0.3) is 0 Å². The van der Waals surface area contributed by atoms with Gasteiger partial charge >= 0.3 is 0 Å². The van der Waals surface area contributed by atoms with E-state index in [2.05, 4.69) is 20.1 Å². The first-order chi connectivity index (χ1) is 22.3. The maximum Gasteiger partial charge on any atom is 0.247 e. The van der Waals surface area contributed by atoms with Crippen LogP contribution in [0.5, 0.6) is 5.75 Å². The SMILES string of the molecule is C=CCN(CCCC)C(=O)C1N([C@@H](CO)Cc2ccccc2)C(=O)[C@@H]2[C@@H](C(=O)N(CC=C)c3ccc(OCC)cc3)[C@H]3CCC12S3. The standard InChI is InChI=1S/C37H47N3O5S/c1-5-9-23-38(21-6-2)36(44)33-37-20-19-30(46-37)31(34(42)39(22-7-3)27-15-17-29(18-16-27)45-8-4)32(37)35(43)40(33)28(25-41)24-26-13-11-10-12-14-26/h6-7,10-18,28,30-33,41H,2-3,5,8-9,19-25H2,1,4H3/t28-,30-,31+,32+,33?,37?/m1/s1. The zero-order chi connectivity index (χ0) is 32.8. The van der Waals surface area contributed by atoms with E-state index in [4.69, 9.17) is 4.74 Å². The number of hydrogen-bond acceptors (Lipinski definition) is 6. The second kappa shape index (κ2) is 14.9. The Balaban J connectivity index is 1.55. The van der Waals surface area contributed by atoms with Crippen molar-refractivity contribution in [3.05, 3.63) is 85.5 Å². The first-order valence-corrected chi connectivity index (χ1v) is 17.4. The second-order valence-corrected chi connectivity index (χ2v) is 14.0. The summed E-state index contributed by atoms with van der Waals surface area (Å²) in [5.41, 5.74) is 1.68. The highest BCUT2D eigenvalue weighted by molar-refractivity contribution is 8.02. The van der Waals surface area contributed by atoms with Crippen molar-refractivity contribution in [1.82, 2.24) is 9.80 Å². The van der Waals surface area contributed by atoms with Crippen molar-refractivity contribution in [2.45, 2.75) is 68.0 Å². The maximum atomic E-state index is 14.8.